The van der Waals surface area contributed by atoms with E-state index in [1.807, 2.05) is 48.0 Å². The van der Waals surface area contributed by atoms with E-state index in [1.54, 1.807) is 0 Å². The van der Waals surface area contributed by atoms with Crippen LogP contribution in [-0.2, 0) is 11.3 Å². The Morgan fingerprint density at radius 3 is 2.84 bits per heavy atom. The standard InChI is InChI=1S/C15H22N2OS/c1-17(11-13-3-2-4-14(16)9-13)15(18)10-12-5-7-19-8-6-12/h2-4,9,12H,5-8,10-11,16H2,1H3. The molecule has 19 heavy (non-hydrogen) atoms. The number of rotatable bonds is 4. The number of thioether (sulfide) groups is 1. The van der Waals surface area contributed by atoms with Gasteiger partial charge in [-0.05, 0) is 48.0 Å². The molecule has 0 aliphatic carbocycles. The lowest BCUT2D eigenvalue weighted by Gasteiger charge is -2.24. The number of amides is 1. The highest BCUT2D eigenvalue weighted by Crippen LogP contribution is 2.25. The first-order valence-corrected chi connectivity index (χ1v) is 7.97. The highest BCUT2D eigenvalue weighted by molar-refractivity contribution is 7.99. The second kappa shape index (κ2) is 6.85. The number of nitrogens with two attached hydrogens (primary N) is 1. The van der Waals surface area contributed by atoms with Crippen LogP contribution in [0.2, 0.25) is 0 Å². The number of hydrogen-bond donors (Lipinski definition) is 1. The van der Waals surface area contributed by atoms with Gasteiger partial charge in [-0.3, -0.25) is 4.79 Å². The lowest BCUT2D eigenvalue weighted by atomic mass is 9.98. The fourth-order valence-electron chi connectivity index (χ4n) is 2.41. The largest absolute Gasteiger partial charge is 0.399 e. The molecule has 4 heteroatoms. The number of hydrogen-bond acceptors (Lipinski definition) is 3. The highest BCUT2D eigenvalue weighted by atomic mass is 32.2. The summed E-state index contributed by atoms with van der Waals surface area (Å²) < 4.78 is 0. The number of nitrogens with zero attached hydrogens (tertiary/aromatic N) is 1. The van der Waals surface area contributed by atoms with E-state index in [9.17, 15) is 4.79 Å². The third kappa shape index (κ3) is 4.46. The fourth-order valence-corrected chi connectivity index (χ4v) is 3.61. The Bertz CT molecular complexity index is 430. The second-order valence-corrected chi connectivity index (χ2v) is 6.48. The van der Waals surface area contributed by atoms with Gasteiger partial charge in [-0.25, -0.2) is 0 Å². The van der Waals surface area contributed by atoms with E-state index >= 15 is 0 Å². The number of benzene rings is 1. The molecule has 1 amide bonds. The first-order chi connectivity index (χ1) is 9.15. The van der Waals surface area contributed by atoms with Gasteiger partial charge in [0.1, 0.15) is 0 Å². The van der Waals surface area contributed by atoms with Crippen LogP contribution in [0.5, 0.6) is 0 Å². The van der Waals surface area contributed by atoms with Crippen LogP contribution in [0.3, 0.4) is 0 Å². The summed E-state index contributed by atoms with van der Waals surface area (Å²) in [6, 6.07) is 7.74. The Morgan fingerprint density at radius 2 is 2.16 bits per heavy atom. The average Bonchev–Trinajstić information content (AvgIpc) is 2.40. The maximum absolute atomic E-state index is 12.2. The van der Waals surface area contributed by atoms with Gasteiger partial charge in [0.25, 0.3) is 0 Å². The predicted molar refractivity (Wildman–Crippen MR) is 82.0 cm³/mol. The van der Waals surface area contributed by atoms with Gasteiger partial charge in [0, 0.05) is 25.7 Å². The van der Waals surface area contributed by atoms with Gasteiger partial charge >= 0.3 is 0 Å². The first-order valence-electron chi connectivity index (χ1n) is 6.81. The quantitative estimate of drug-likeness (QED) is 0.861. The molecule has 1 aromatic rings. The molecule has 104 valence electrons. The summed E-state index contributed by atoms with van der Waals surface area (Å²) in [7, 11) is 1.88. The Morgan fingerprint density at radius 1 is 1.42 bits per heavy atom. The Balaban J connectivity index is 1.84. The molecule has 2 rings (SSSR count). The zero-order valence-electron chi connectivity index (χ0n) is 11.5. The fraction of sp³-hybridized carbons (Fsp3) is 0.533. The Labute approximate surface area is 119 Å². The summed E-state index contributed by atoms with van der Waals surface area (Å²) in [5.74, 6) is 3.24. The van der Waals surface area contributed by atoms with Crippen LogP contribution in [0.1, 0.15) is 24.8 Å². The van der Waals surface area contributed by atoms with Crippen molar-refractivity contribution < 1.29 is 4.79 Å². The van der Waals surface area contributed by atoms with Crippen LogP contribution in [0.25, 0.3) is 0 Å². The third-order valence-corrected chi connectivity index (χ3v) is 4.65. The molecule has 1 aliphatic heterocycles. The number of nitrogen functional groups attached to an aromatic ring is 1. The zero-order chi connectivity index (χ0) is 13.7. The van der Waals surface area contributed by atoms with E-state index < -0.39 is 0 Å². The topological polar surface area (TPSA) is 46.3 Å². The van der Waals surface area contributed by atoms with E-state index in [0.29, 0.717) is 18.9 Å². The summed E-state index contributed by atoms with van der Waals surface area (Å²) in [5, 5.41) is 0. The smallest absolute Gasteiger partial charge is 0.222 e. The highest BCUT2D eigenvalue weighted by Gasteiger charge is 2.19. The molecular formula is C15H22N2OS. The summed E-state index contributed by atoms with van der Waals surface area (Å²) in [6.45, 7) is 0.644. The molecule has 0 aromatic heterocycles. The Kier molecular flexibility index (Phi) is 5.14. The maximum Gasteiger partial charge on any atom is 0.222 e. The van der Waals surface area contributed by atoms with Gasteiger partial charge < -0.3 is 10.6 Å². The molecule has 0 radical (unpaired) electrons. The van der Waals surface area contributed by atoms with E-state index in [4.69, 9.17) is 5.73 Å². The molecule has 1 saturated heterocycles. The molecule has 0 saturated carbocycles. The summed E-state index contributed by atoms with van der Waals surface area (Å²) in [5.41, 5.74) is 7.60. The number of carbonyl (C=O) groups excluding carboxylic acids is 1. The van der Waals surface area contributed by atoms with Gasteiger partial charge in [0.05, 0.1) is 0 Å². The molecule has 1 aliphatic rings. The van der Waals surface area contributed by atoms with Crippen molar-refractivity contribution >= 4 is 23.4 Å². The molecule has 1 aromatic carbocycles. The van der Waals surface area contributed by atoms with Crippen molar-refractivity contribution in [3.8, 4) is 0 Å². The average molecular weight is 278 g/mol. The lowest BCUT2D eigenvalue weighted by molar-refractivity contribution is -0.131. The lowest BCUT2D eigenvalue weighted by Crippen LogP contribution is -2.29. The first kappa shape index (κ1) is 14.3. The normalized spacial score (nSPS) is 16.3. The van der Waals surface area contributed by atoms with E-state index in [1.165, 1.54) is 24.3 Å². The predicted octanol–water partition coefficient (Wildman–Crippen LogP) is 2.76. The van der Waals surface area contributed by atoms with Crippen molar-refractivity contribution in [2.45, 2.75) is 25.8 Å². The van der Waals surface area contributed by atoms with Crippen molar-refractivity contribution in [1.82, 2.24) is 4.90 Å². The molecule has 0 atom stereocenters. The van der Waals surface area contributed by atoms with Crippen LogP contribution in [0, 0.1) is 5.92 Å². The molecule has 3 nitrogen and oxygen atoms in total. The van der Waals surface area contributed by atoms with Crippen LogP contribution >= 0.6 is 11.8 Å². The monoisotopic (exact) mass is 278 g/mol. The Hall–Kier alpha value is -1.16. The van der Waals surface area contributed by atoms with E-state index in [0.717, 1.165) is 11.3 Å². The molecule has 2 N–H and O–H groups in total. The van der Waals surface area contributed by atoms with Crippen LogP contribution < -0.4 is 5.73 Å². The van der Waals surface area contributed by atoms with Gasteiger partial charge in [-0.2, -0.15) is 11.8 Å². The minimum atomic E-state index is 0.249. The van der Waals surface area contributed by atoms with Crippen molar-refractivity contribution in [2.75, 3.05) is 24.3 Å². The summed E-state index contributed by atoms with van der Waals surface area (Å²) in [6.07, 6.45) is 3.06. The zero-order valence-corrected chi connectivity index (χ0v) is 12.3. The van der Waals surface area contributed by atoms with Gasteiger partial charge in [-0.1, -0.05) is 12.1 Å². The SMILES string of the molecule is CN(Cc1cccc(N)c1)C(=O)CC1CCSCC1. The minimum absolute atomic E-state index is 0.249. The third-order valence-electron chi connectivity index (χ3n) is 3.60. The molecule has 0 bridgehead atoms. The second-order valence-electron chi connectivity index (χ2n) is 5.25. The molecule has 0 spiro atoms. The van der Waals surface area contributed by atoms with Crippen molar-refractivity contribution in [3.05, 3.63) is 29.8 Å². The molecule has 1 heterocycles. The van der Waals surface area contributed by atoms with E-state index in [-0.39, 0.29) is 5.91 Å². The summed E-state index contributed by atoms with van der Waals surface area (Å²) in [4.78, 5) is 14.0. The molecule has 0 unspecified atom stereocenters. The number of anilines is 1. The van der Waals surface area contributed by atoms with Gasteiger partial charge in [0.2, 0.25) is 5.91 Å². The van der Waals surface area contributed by atoms with Crippen molar-refractivity contribution in [1.29, 1.82) is 0 Å². The molecular weight excluding hydrogens is 256 g/mol. The van der Waals surface area contributed by atoms with Crippen molar-refractivity contribution in [3.63, 3.8) is 0 Å². The summed E-state index contributed by atoms with van der Waals surface area (Å²) >= 11 is 2.00. The van der Waals surface area contributed by atoms with Crippen LogP contribution in [0.15, 0.2) is 24.3 Å². The minimum Gasteiger partial charge on any atom is -0.399 e. The van der Waals surface area contributed by atoms with Gasteiger partial charge in [-0.15, -0.1) is 0 Å². The number of carbonyl (C=O) groups is 1. The van der Waals surface area contributed by atoms with Gasteiger partial charge in [0.15, 0.2) is 0 Å². The molecule has 1 fully saturated rings. The van der Waals surface area contributed by atoms with E-state index in [2.05, 4.69) is 0 Å². The van der Waals surface area contributed by atoms with Crippen molar-refractivity contribution in [2.24, 2.45) is 5.92 Å². The maximum atomic E-state index is 12.2. The van der Waals surface area contributed by atoms with Crippen LogP contribution in [-0.4, -0.2) is 29.4 Å². The van der Waals surface area contributed by atoms with Crippen LogP contribution in [0.4, 0.5) is 5.69 Å².